The van der Waals surface area contributed by atoms with Crippen molar-refractivity contribution in [2.75, 3.05) is 0 Å². The van der Waals surface area contributed by atoms with E-state index in [-0.39, 0.29) is 5.46 Å². The normalized spacial score (nSPS) is 10.7. The molecule has 1 aromatic heterocycles. The second-order valence-corrected chi connectivity index (χ2v) is 5.46. The second kappa shape index (κ2) is 8.06. The van der Waals surface area contributed by atoms with E-state index in [2.05, 4.69) is 11.9 Å². The highest BCUT2D eigenvalue weighted by Gasteiger charge is 2.18. The van der Waals surface area contributed by atoms with Crippen molar-refractivity contribution < 1.29 is 14.4 Å². The highest BCUT2D eigenvalue weighted by Crippen LogP contribution is 2.18. The van der Waals surface area contributed by atoms with Crippen LogP contribution in [0.5, 0.6) is 0 Å². The summed E-state index contributed by atoms with van der Waals surface area (Å²) in [5.41, 5.74) is 2.36. The summed E-state index contributed by atoms with van der Waals surface area (Å²) in [6.45, 7) is 2.20. The molecular formula is C17H21BFNO2. The minimum Gasteiger partial charge on any atom is -0.423 e. The topological polar surface area (TPSA) is 53.4 Å². The van der Waals surface area contributed by atoms with Crippen molar-refractivity contribution in [2.45, 2.75) is 39.0 Å². The zero-order chi connectivity index (χ0) is 15.9. The van der Waals surface area contributed by atoms with Crippen LogP contribution in [-0.2, 0) is 6.42 Å². The Morgan fingerprint density at radius 3 is 2.32 bits per heavy atom. The Hall–Kier alpha value is -1.72. The van der Waals surface area contributed by atoms with E-state index in [0.717, 1.165) is 12.0 Å². The quantitative estimate of drug-likeness (QED) is 0.470. The molecule has 0 saturated heterocycles. The van der Waals surface area contributed by atoms with Gasteiger partial charge in [0.2, 0.25) is 5.95 Å². The van der Waals surface area contributed by atoms with Crippen LogP contribution in [0.3, 0.4) is 0 Å². The van der Waals surface area contributed by atoms with Gasteiger partial charge in [-0.2, -0.15) is 4.39 Å². The van der Waals surface area contributed by atoms with Gasteiger partial charge in [-0.25, -0.2) is 4.98 Å². The van der Waals surface area contributed by atoms with Gasteiger partial charge in [0.05, 0.1) is 5.69 Å². The molecule has 0 saturated carbocycles. The molecule has 0 aliphatic rings. The highest BCUT2D eigenvalue weighted by atomic mass is 19.1. The number of nitrogens with zero attached hydrogens (tertiary/aromatic N) is 1. The van der Waals surface area contributed by atoms with E-state index >= 15 is 0 Å². The summed E-state index contributed by atoms with van der Waals surface area (Å²) in [6, 6.07) is 10.9. The summed E-state index contributed by atoms with van der Waals surface area (Å²) < 4.78 is 13.7. The third kappa shape index (κ3) is 4.39. The molecule has 0 amide bonds. The van der Waals surface area contributed by atoms with Crippen LogP contribution in [0, 0.1) is 5.95 Å². The van der Waals surface area contributed by atoms with Gasteiger partial charge < -0.3 is 10.0 Å². The van der Waals surface area contributed by atoms with Crippen LogP contribution in [0.15, 0.2) is 36.4 Å². The SMILES string of the molecule is CCCCCCc1ccc(-c2ccc(B(O)O)c(F)n2)cc1. The zero-order valence-electron chi connectivity index (χ0n) is 12.8. The first kappa shape index (κ1) is 16.7. The first-order valence-corrected chi connectivity index (χ1v) is 7.73. The van der Waals surface area contributed by atoms with Crippen LogP contribution < -0.4 is 5.46 Å². The molecule has 5 heteroatoms. The predicted octanol–water partition coefficient (Wildman–Crippen LogP) is 2.69. The van der Waals surface area contributed by atoms with Crippen molar-refractivity contribution >= 4 is 12.6 Å². The Kier molecular flexibility index (Phi) is 6.10. The number of pyridine rings is 1. The predicted molar refractivity (Wildman–Crippen MR) is 87.3 cm³/mol. The highest BCUT2D eigenvalue weighted by molar-refractivity contribution is 6.58. The van der Waals surface area contributed by atoms with Gasteiger partial charge in [-0.05, 0) is 24.5 Å². The number of benzene rings is 1. The van der Waals surface area contributed by atoms with E-state index in [9.17, 15) is 4.39 Å². The average molecular weight is 301 g/mol. The molecule has 0 radical (unpaired) electrons. The van der Waals surface area contributed by atoms with Crippen molar-refractivity contribution in [2.24, 2.45) is 0 Å². The third-order valence-electron chi connectivity index (χ3n) is 3.72. The van der Waals surface area contributed by atoms with Crippen molar-refractivity contribution in [3.8, 4) is 11.3 Å². The monoisotopic (exact) mass is 301 g/mol. The van der Waals surface area contributed by atoms with E-state index in [1.807, 2.05) is 24.3 Å². The van der Waals surface area contributed by atoms with Gasteiger partial charge in [-0.15, -0.1) is 0 Å². The standard InChI is InChI=1S/C17H21BFNO2/c1-2-3-4-5-6-13-7-9-14(10-8-13)16-12-11-15(18(21)22)17(19)20-16/h7-12,21-22H,2-6H2,1H3. The molecule has 2 N–H and O–H groups in total. The summed E-state index contributed by atoms with van der Waals surface area (Å²) in [7, 11) is -1.84. The fourth-order valence-electron chi connectivity index (χ4n) is 2.40. The van der Waals surface area contributed by atoms with E-state index in [1.165, 1.54) is 37.3 Å². The van der Waals surface area contributed by atoms with Crippen LogP contribution in [0.25, 0.3) is 11.3 Å². The maximum Gasteiger partial charge on any atom is 0.493 e. The molecule has 0 aliphatic carbocycles. The summed E-state index contributed by atoms with van der Waals surface area (Å²) in [5, 5.41) is 18.0. The van der Waals surface area contributed by atoms with Crippen LogP contribution in [0.4, 0.5) is 4.39 Å². The van der Waals surface area contributed by atoms with Crippen molar-refractivity contribution in [3.63, 3.8) is 0 Å². The summed E-state index contributed by atoms with van der Waals surface area (Å²) >= 11 is 0. The minimum atomic E-state index is -1.84. The molecular weight excluding hydrogens is 280 g/mol. The van der Waals surface area contributed by atoms with Crippen LogP contribution in [0.2, 0.25) is 0 Å². The van der Waals surface area contributed by atoms with Crippen molar-refractivity contribution in [1.82, 2.24) is 4.98 Å². The van der Waals surface area contributed by atoms with Crippen LogP contribution >= 0.6 is 0 Å². The summed E-state index contributed by atoms with van der Waals surface area (Å²) in [5.74, 6) is -0.851. The van der Waals surface area contributed by atoms with Crippen molar-refractivity contribution in [3.05, 3.63) is 47.9 Å². The molecule has 0 bridgehead atoms. The molecule has 0 spiro atoms. The Bertz CT molecular complexity index is 602. The van der Waals surface area contributed by atoms with Crippen LogP contribution in [-0.4, -0.2) is 22.2 Å². The Morgan fingerprint density at radius 1 is 1.00 bits per heavy atom. The van der Waals surface area contributed by atoms with Gasteiger partial charge >= 0.3 is 7.12 Å². The molecule has 0 aliphatic heterocycles. The van der Waals surface area contributed by atoms with Crippen LogP contribution in [0.1, 0.15) is 38.2 Å². The summed E-state index contributed by atoms with van der Waals surface area (Å²) in [6.07, 6.45) is 5.98. The minimum absolute atomic E-state index is 0.212. The number of halogens is 1. The number of hydrogen-bond acceptors (Lipinski definition) is 3. The van der Waals surface area contributed by atoms with Gasteiger partial charge in [-0.3, -0.25) is 0 Å². The molecule has 2 aromatic rings. The summed E-state index contributed by atoms with van der Waals surface area (Å²) in [4.78, 5) is 3.79. The molecule has 0 atom stereocenters. The first-order chi connectivity index (χ1) is 10.6. The lowest BCUT2D eigenvalue weighted by atomic mass is 9.81. The lowest BCUT2D eigenvalue weighted by Gasteiger charge is -2.06. The van der Waals surface area contributed by atoms with E-state index in [1.54, 1.807) is 6.07 Å². The Morgan fingerprint density at radius 2 is 1.73 bits per heavy atom. The van der Waals surface area contributed by atoms with E-state index < -0.39 is 13.1 Å². The first-order valence-electron chi connectivity index (χ1n) is 7.73. The molecule has 116 valence electrons. The number of unbranched alkanes of at least 4 members (excludes halogenated alkanes) is 3. The number of aryl methyl sites for hydroxylation is 1. The van der Waals surface area contributed by atoms with E-state index in [4.69, 9.17) is 10.0 Å². The smallest absolute Gasteiger partial charge is 0.423 e. The van der Waals surface area contributed by atoms with Gasteiger partial charge in [-0.1, -0.05) is 56.5 Å². The number of aromatic nitrogens is 1. The number of rotatable bonds is 7. The molecule has 1 aromatic carbocycles. The fraction of sp³-hybridized carbons (Fsp3) is 0.353. The van der Waals surface area contributed by atoms with E-state index in [0.29, 0.717) is 5.69 Å². The number of hydrogen-bond donors (Lipinski definition) is 2. The fourth-order valence-corrected chi connectivity index (χ4v) is 2.40. The molecule has 0 unspecified atom stereocenters. The molecule has 2 rings (SSSR count). The average Bonchev–Trinajstić information content (AvgIpc) is 2.52. The lowest BCUT2D eigenvalue weighted by Crippen LogP contribution is -2.33. The third-order valence-corrected chi connectivity index (χ3v) is 3.72. The zero-order valence-corrected chi connectivity index (χ0v) is 12.8. The lowest BCUT2D eigenvalue weighted by molar-refractivity contribution is 0.422. The van der Waals surface area contributed by atoms with Crippen molar-refractivity contribution in [1.29, 1.82) is 0 Å². The van der Waals surface area contributed by atoms with Gasteiger partial charge in [0.15, 0.2) is 0 Å². The Labute approximate surface area is 131 Å². The second-order valence-electron chi connectivity index (χ2n) is 5.46. The van der Waals surface area contributed by atoms with Gasteiger partial charge in [0.1, 0.15) is 0 Å². The molecule has 0 fully saturated rings. The Balaban J connectivity index is 2.05. The maximum atomic E-state index is 13.7. The van der Waals surface area contributed by atoms with Gasteiger partial charge in [0.25, 0.3) is 0 Å². The maximum absolute atomic E-state index is 13.7. The molecule has 1 heterocycles. The largest absolute Gasteiger partial charge is 0.493 e. The van der Waals surface area contributed by atoms with Gasteiger partial charge in [0, 0.05) is 11.0 Å². The molecule has 22 heavy (non-hydrogen) atoms. The molecule has 3 nitrogen and oxygen atoms in total.